The maximum atomic E-state index is 12.0. The van der Waals surface area contributed by atoms with Crippen LogP contribution in [-0.2, 0) is 14.3 Å². The van der Waals surface area contributed by atoms with Gasteiger partial charge in [-0.2, -0.15) is 0 Å². The maximum Gasteiger partial charge on any atom is 0.248 e. The SMILES string of the molecule is COCC(=O)N1CCCN(c2ccc(NC(=O)C(C)(C)C)cn2)CC1. The Kier molecular flexibility index (Phi) is 6.36. The van der Waals surface area contributed by atoms with Gasteiger partial charge in [0.2, 0.25) is 11.8 Å². The first-order valence-electron chi connectivity index (χ1n) is 8.60. The largest absolute Gasteiger partial charge is 0.375 e. The van der Waals surface area contributed by atoms with E-state index >= 15 is 0 Å². The number of rotatable bonds is 4. The average Bonchev–Trinajstić information content (AvgIpc) is 2.81. The van der Waals surface area contributed by atoms with E-state index in [0.29, 0.717) is 12.2 Å². The number of aromatic nitrogens is 1. The minimum Gasteiger partial charge on any atom is -0.375 e. The van der Waals surface area contributed by atoms with Gasteiger partial charge in [-0.1, -0.05) is 20.8 Å². The number of ether oxygens (including phenoxy) is 1. The van der Waals surface area contributed by atoms with Crippen LogP contribution in [-0.4, -0.2) is 61.6 Å². The van der Waals surface area contributed by atoms with Crippen LogP contribution in [0, 0.1) is 5.41 Å². The van der Waals surface area contributed by atoms with E-state index in [-0.39, 0.29) is 18.4 Å². The Labute approximate surface area is 149 Å². The third-order valence-corrected chi connectivity index (χ3v) is 4.13. The Hall–Kier alpha value is -2.15. The molecule has 0 radical (unpaired) electrons. The van der Waals surface area contributed by atoms with E-state index in [2.05, 4.69) is 15.2 Å². The second-order valence-corrected chi connectivity index (χ2v) is 7.26. The van der Waals surface area contributed by atoms with Gasteiger partial charge in [0.25, 0.3) is 0 Å². The normalized spacial score (nSPS) is 15.7. The van der Waals surface area contributed by atoms with Crippen molar-refractivity contribution in [1.29, 1.82) is 0 Å². The minimum atomic E-state index is -0.443. The summed E-state index contributed by atoms with van der Waals surface area (Å²) in [6, 6.07) is 3.77. The molecule has 1 aliphatic rings. The standard InChI is InChI=1S/C18H28N4O3/c1-18(2,3)17(24)20-14-6-7-15(19-12-14)21-8-5-9-22(11-10-21)16(23)13-25-4/h6-7,12H,5,8-11,13H2,1-4H3,(H,20,24). The average molecular weight is 348 g/mol. The van der Waals surface area contributed by atoms with Crippen LogP contribution in [0.1, 0.15) is 27.2 Å². The van der Waals surface area contributed by atoms with Crippen LogP contribution in [0.15, 0.2) is 18.3 Å². The molecule has 138 valence electrons. The molecule has 1 saturated heterocycles. The predicted octanol–water partition coefficient (Wildman–Crippen LogP) is 1.75. The molecule has 2 amide bonds. The van der Waals surface area contributed by atoms with Crippen molar-refractivity contribution >= 4 is 23.3 Å². The lowest BCUT2D eigenvalue weighted by Gasteiger charge is -2.23. The predicted molar refractivity (Wildman–Crippen MR) is 97.6 cm³/mol. The van der Waals surface area contributed by atoms with Crippen molar-refractivity contribution in [2.24, 2.45) is 5.41 Å². The van der Waals surface area contributed by atoms with Gasteiger partial charge in [-0.25, -0.2) is 4.98 Å². The lowest BCUT2D eigenvalue weighted by molar-refractivity contribution is -0.134. The highest BCUT2D eigenvalue weighted by Crippen LogP contribution is 2.19. The van der Waals surface area contributed by atoms with Gasteiger partial charge in [0.15, 0.2) is 0 Å². The molecule has 2 rings (SSSR count). The first kappa shape index (κ1) is 19.2. The lowest BCUT2D eigenvalue weighted by atomic mass is 9.96. The zero-order chi connectivity index (χ0) is 18.4. The number of nitrogens with zero attached hydrogens (tertiary/aromatic N) is 3. The van der Waals surface area contributed by atoms with Crippen molar-refractivity contribution in [3.05, 3.63) is 18.3 Å². The number of pyridine rings is 1. The molecular formula is C18H28N4O3. The molecule has 7 heteroatoms. The van der Waals surface area contributed by atoms with Gasteiger partial charge < -0.3 is 19.9 Å². The van der Waals surface area contributed by atoms with Crippen LogP contribution in [0.5, 0.6) is 0 Å². The third-order valence-electron chi connectivity index (χ3n) is 4.13. The van der Waals surface area contributed by atoms with Gasteiger partial charge >= 0.3 is 0 Å². The number of hydrogen-bond acceptors (Lipinski definition) is 5. The molecule has 1 fully saturated rings. The molecule has 0 unspecified atom stereocenters. The summed E-state index contributed by atoms with van der Waals surface area (Å²) in [6.45, 7) is 8.72. The summed E-state index contributed by atoms with van der Waals surface area (Å²) in [7, 11) is 1.53. The molecule has 25 heavy (non-hydrogen) atoms. The van der Waals surface area contributed by atoms with Crippen molar-refractivity contribution in [1.82, 2.24) is 9.88 Å². The fourth-order valence-corrected chi connectivity index (χ4v) is 2.58. The first-order valence-corrected chi connectivity index (χ1v) is 8.60. The maximum absolute atomic E-state index is 12.0. The number of nitrogens with one attached hydrogen (secondary N) is 1. The number of amides is 2. The van der Waals surface area contributed by atoms with Gasteiger partial charge in [0.1, 0.15) is 12.4 Å². The highest BCUT2D eigenvalue weighted by molar-refractivity contribution is 5.94. The molecule has 1 aliphatic heterocycles. The van der Waals surface area contributed by atoms with Gasteiger partial charge in [-0.05, 0) is 18.6 Å². The molecule has 0 atom stereocenters. The molecule has 1 aromatic heterocycles. The Bertz CT molecular complexity index is 595. The fourth-order valence-electron chi connectivity index (χ4n) is 2.58. The molecule has 7 nitrogen and oxygen atoms in total. The fraction of sp³-hybridized carbons (Fsp3) is 0.611. The quantitative estimate of drug-likeness (QED) is 0.897. The van der Waals surface area contributed by atoms with E-state index in [1.807, 2.05) is 37.8 Å². The summed E-state index contributed by atoms with van der Waals surface area (Å²) in [5, 5.41) is 2.87. The smallest absolute Gasteiger partial charge is 0.248 e. The molecule has 0 aromatic carbocycles. The number of methoxy groups -OCH3 is 1. The lowest BCUT2D eigenvalue weighted by Crippen LogP contribution is -2.37. The van der Waals surface area contributed by atoms with Crippen molar-refractivity contribution in [3.8, 4) is 0 Å². The van der Waals surface area contributed by atoms with Crippen LogP contribution in [0.4, 0.5) is 11.5 Å². The van der Waals surface area contributed by atoms with Gasteiger partial charge in [-0.3, -0.25) is 9.59 Å². The monoisotopic (exact) mass is 348 g/mol. The second kappa shape index (κ2) is 8.29. The molecule has 0 saturated carbocycles. The van der Waals surface area contributed by atoms with Gasteiger partial charge in [0, 0.05) is 38.7 Å². The van der Waals surface area contributed by atoms with Crippen molar-refractivity contribution in [2.75, 3.05) is 50.1 Å². The first-order chi connectivity index (χ1) is 11.8. The molecule has 1 N–H and O–H groups in total. The Balaban J connectivity index is 1.96. The van der Waals surface area contributed by atoms with Crippen LogP contribution in [0.2, 0.25) is 0 Å². The Morgan fingerprint density at radius 3 is 2.56 bits per heavy atom. The zero-order valence-corrected chi connectivity index (χ0v) is 15.5. The van der Waals surface area contributed by atoms with Gasteiger partial charge in [0.05, 0.1) is 11.9 Å². The van der Waals surface area contributed by atoms with Crippen LogP contribution >= 0.6 is 0 Å². The topological polar surface area (TPSA) is 74.8 Å². The Morgan fingerprint density at radius 2 is 1.96 bits per heavy atom. The van der Waals surface area contributed by atoms with E-state index < -0.39 is 5.41 Å². The number of hydrogen-bond donors (Lipinski definition) is 1. The number of carbonyl (C=O) groups is 2. The summed E-state index contributed by atoms with van der Waals surface area (Å²) < 4.78 is 4.93. The summed E-state index contributed by atoms with van der Waals surface area (Å²) in [4.78, 5) is 32.4. The third kappa shape index (κ3) is 5.42. The van der Waals surface area contributed by atoms with Crippen LogP contribution in [0.25, 0.3) is 0 Å². The molecular weight excluding hydrogens is 320 g/mol. The summed E-state index contributed by atoms with van der Waals surface area (Å²) in [5.74, 6) is 0.844. The molecule has 0 spiro atoms. The zero-order valence-electron chi connectivity index (χ0n) is 15.5. The van der Waals surface area contributed by atoms with Crippen molar-refractivity contribution in [3.63, 3.8) is 0 Å². The number of carbonyl (C=O) groups excluding carboxylic acids is 2. The highest BCUT2D eigenvalue weighted by atomic mass is 16.5. The van der Waals surface area contributed by atoms with E-state index in [0.717, 1.165) is 31.9 Å². The summed E-state index contributed by atoms with van der Waals surface area (Å²) in [6.07, 6.45) is 2.57. The highest BCUT2D eigenvalue weighted by Gasteiger charge is 2.22. The van der Waals surface area contributed by atoms with E-state index in [1.54, 1.807) is 6.20 Å². The molecule has 0 bridgehead atoms. The summed E-state index contributed by atoms with van der Waals surface area (Å²) in [5.41, 5.74) is 0.247. The Morgan fingerprint density at radius 1 is 1.20 bits per heavy atom. The minimum absolute atomic E-state index is 0.0255. The van der Waals surface area contributed by atoms with Crippen molar-refractivity contribution < 1.29 is 14.3 Å². The van der Waals surface area contributed by atoms with Crippen LogP contribution < -0.4 is 10.2 Å². The molecule has 0 aliphatic carbocycles. The van der Waals surface area contributed by atoms with E-state index in [1.165, 1.54) is 7.11 Å². The van der Waals surface area contributed by atoms with Crippen LogP contribution in [0.3, 0.4) is 0 Å². The van der Waals surface area contributed by atoms with Crippen molar-refractivity contribution in [2.45, 2.75) is 27.2 Å². The van der Waals surface area contributed by atoms with Gasteiger partial charge in [-0.15, -0.1) is 0 Å². The second-order valence-electron chi connectivity index (χ2n) is 7.26. The number of anilines is 2. The van der Waals surface area contributed by atoms with E-state index in [4.69, 9.17) is 4.74 Å². The molecule has 1 aromatic rings. The molecule has 2 heterocycles. The summed E-state index contributed by atoms with van der Waals surface area (Å²) >= 11 is 0. The van der Waals surface area contributed by atoms with E-state index in [9.17, 15) is 9.59 Å².